The molecule has 1 aliphatic heterocycles. The van der Waals surface area contributed by atoms with Gasteiger partial charge in [-0.2, -0.15) is 0 Å². The first-order valence-corrected chi connectivity index (χ1v) is 10.8. The molecule has 2 aromatic carbocycles. The van der Waals surface area contributed by atoms with Gasteiger partial charge in [-0.1, -0.05) is 48.5 Å². The Balaban J connectivity index is 1.56. The summed E-state index contributed by atoms with van der Waals surface area (Å²) in [7, 11) is -3.49. The van der Waals surface area contributed by atoms with Gasteiger partial charge in [0.15, 0.2) is 0 Å². The van der Waals surface area contributed by atoms with Crippen LogP contribution in [0.5, 0.6) is 5.75 Å². The van der Waals surface area contributed by atoms with Crippen LogP contribution < -0.4 is 9.46 Å². The standard InChI is InChI=1S/C21H21NO5S/c23-19(24)12-9-15-7-4-8-16-20-17(10-11-18(20)27-21(15)16)22-28(25,26)13-14-5-2-1-3-6-14/h1-9,12,17-18,20,22H,10-11,13H2,(H,23,24)/b12-9+. The van der Waals surface area contributed by atoms with Crippen molar-refractivity contribution in [2.24, 2.45) is 0 Å². The van der Waals surface area contributed by atoms with Crippen molar-refractivity contribution in [1.82, 2.24) is 4.72 Å². The van der Waals surface area contributed by atoms with E-state index in [4.69, 9.17) is 9.84 Å². The van der Waals surface area contributed by atoms with Crippen molar-refractivity contribution >= 4 is 22.1 Å². The number of aliphatic carboxylic acids is 1. The molecule has 6 nitrogen and oxygen atoms in total. The maximum absolute atomic E-state index is 12.7. The fraction of sp³-hybridized carbons (Fsp3) is 0.286. The summed E-state index contributed by atoms with van der Waals surface area (Å²) in [5, 5.41) is 8.87. The highest BCUT2D eigenvalue weighted by Gasteiger charge is 2.46. The van der Waals surface area contributed by atoms with Crippen LogP contribution in [0.1, 0.15) is 35.4 Å². The van der Waals surface area contributed by atoms with Crippen LogP contribution in [0.2, 0.25) is 0 Å². The number of carboxylic acid groups (broad SMARTS) is 1. The van der Waals surface area contributed by atoms with Gasteiger partial charge in [0, 0.05) is 29.2 Å². The topological polar surface area (TPSA) is 92.7 Å². The third kappa shape index (κ3) is 3.81. The van der Waals surface area contributed by atoms with E-state index in [1.807, 2.05) is 30.3 Å². The summed E-state index contributed by atoms with van der Waals surface area (Å²) in [5.74, 6) is -0.500. The molecule has 1 heterocycles. The zero-order valence-electron chi connectivity index (χ0n) is 15.1. The van der Waals surface area contributed by atoms with Gasteiger partial charge < -0.3 is 9.84 Å². The molecule has 4 rings (SSSR count). The van der Waals surface area contributed by atoms with E-state index in [0.717, 1.165) is 23.6 Å². The average molecular weight is 399 g/mol. The van der Waals surface area contributed by atoms with E-state index in [0.29, 0.717) is 17.7 Å². The normalized spacial score (nSPS) is 23.4. The molecule has 1 aliphatic carbocycles. The molecule has 2 N–H and O–H groups in total. The Morgan fingerprint density at radius 3 is 2.68 bits per heavy atom. The number of para-hydroxylation sites is 1. The second-order valence-corrected chi connectivity index (χ2v) is 8.92. The number of sulfonamides is 1. The predicted molar refractivity (Wildman–Crippen MR) is 105 cm³/mol. The molecule has 0 bridgehead atoms. The lowest BCUT2D eigenvalue weighted by molar-refractivity contribution is -0.131. The van der Waals surface area contributed by atoms with Crippen LogP contribution in [0, 0.1) is 0 Å². The predicted octanol–water partition coefficient (Wildman–Crippen LogP) is 2.91. The molecule has 1 saturated carbocycles. The number of carboxylic acids is 1. The van der Waals surface area contributed by atoms with Gasteiger partial charge in [-0.05, 0) is 24.5 Å². The molecule has 28 heavy (non-hydrogen) atoms. The maximum atomic E-state index is 12.7. The third-order valence-electron chi connectivity index (χ3n) is 5.24. The highest BCUT2D eigenvalue weighted by Crippen LogP contribution is 2.48. The summed E-state index contributed by atoms with van der Waals surface area (Å²) in [5.41, 5.74) is 2.37. The number of hydrogen-bond acceptors (Lipinski definition) is 4. The van der Waals surface area contributed by atoms with Crippen LogP contribution in [0.3, 0.4) is 0 Å². The Morgan fingerprint density at radius 1 is 1.14 bits per heavy atom. The highest BCUT2D eigenvalue weighted by molar-refractivity contribution is 7.88. The molecule has 2 aromatic rings. The van der Waals surface area contributed by atoms with E-state index in [1.54, 1.807) is 18.2 Å². The van der Waals surface area contributed by atoms with Gasteiger partial charge in [0.25, 0.3) is 0 Å². The second-order valence-electron chi connectivity index (χ2n) is 7.17. The summed E-state index contributed by atoms with van der Waals surface area (Å²) in [4.78, 5) is 10.8. The zero-order chi connectivity index (χ0) is 19.7. The van der Waals surface area contributed by atoms with Gasteiger partial charge in [-0.3, -0.25) is 0 Å². The van der Waals surface area contributed by atoms with E-state index < -0.39 is 16.0 Å². The zero-order valence-corrected chi connectivity index (χ0v) is 15.9. The van der Waals surface area contributed by atoms with Crippen molar-refractivity contribution in [2.45, 2.75) is 36.7 Å². The van der Waals surface area contributed by atoms with Gasteiger partial charge in [0.2, 0.25) is 10.0 Å². The number of nitrogens with one attached hydrogen (secondary N) is 1. The quantitative estimate of drug-likeness (QED) is 0.729. The Kier molecular flexibility index (Phi) is 4.95. The smallest absolute Gasteiger partial charge is 0.328 e. The van der Waals surface area contributed by atoms with Crippen molar-refractivity contribution in [1.29, 1.82) is 0 Å². The first-order valence-electron chi connectivity index (χ1n) is 9.17. The molecule has 2 aliphatic rings. The Labute approximate surface area is 163 Å². The minimum Gasteiger partial charge on any atom is -0.489 e. The van der Waals surface area contributed by atoms with Gasteiger partial charge in [0.05, 0.1) is 5.75 Å². The van der Waals surface area contributed by atoms with Crippen LogP contribution in [0.15, 0.2) is 54.6 Å². The Bertz CT molecular complexity index is 1020. The molecule has 1 fully saturated rings. The molecule has 0 spiro atoms. The van der Waals surface area contributed by atoms with Crippen LogP contribution in [0.25, 0.3) is 6.08 Å². The highest BCUT2D eigenvalue weighted by atomic mass is 32.2. The monoisotopic (exact) mass is 399 g/mol. The molecule has 7 heteroatoms. The molecule has 0 radical (unpaired) electrons. The first-order chi connectivity index (χ1) is 13.4. The van der Waals surface area contributed by atoms with Crippen molar-refractivity contribution in [3.05, 3.63) is 71.3 Å². The lowest BCUT2D eigenvalue weighted by atomic mass is 9.93. The fourth-order valence-electron chi connectivity index (χ4n) is 4.13. The Morgan fingerprint density at radius 2 is 1.93 bits per heavy atom. The number of ether oxygens (including phenoxy) is 1. The largest absolute Gasteiger partial charge is 0.489 e. The third-order valence-corrected chi connectivity index (χ3v) is 6.61. The lowest BCUT2D eigenvalue weighted by Crippen LogP contribution is -2.38. The number of benzene rings is 2. The summed E-state index contributed by atoms with van der Waals surface area (Å²) in [6.45, 7) is 0. The van der Waals surface area contributed by atoms with E-state index in [1.165, 1.54) is 6.08 Å². The minimum atomic E-state index is -3.49. The minimum absolute atomic E-state index is 0.0587. The summed E-state index contributed by atoms with van der Waals surface area (Å²) in [6, 6.07) is 14.4. The SMILES string of the molecule is O=C(O)/C=C/c1cccc2c1OC1CCC(NS(=O)(=O)Cc3ccccc3)C21. The van der Waals surface area contributed by atoms with E-state index in [9.17, 15) is 13.2 Å². The summed E-state index contributed by atoms with van der Waals surface area (Å²) in [6.07, 6.45) is 3.95. The molecular weight excluding hydrogens is 378 g/mol. The van der Waals surface area contributed by atoms with Crippen molar-refractivity contribution < 1.29 is 23.1 Å². The molecule has 146 valence electrons. The van der Waals surface area contributed by atoms with E-state index in [2.05, 4.69) is 4.72 Å². The lowest BCUT2D eigenvalue weighted by Gasteiger charge is -2.19. The second kappa shape index (κ2) is 7.41. The fourth-order valence-corrected chi connectivity index (χ4v) is 5.57. The van der Waals surface area contributed by atoms with Gasteiger partial charge in [-0.15, -0.1) is 0 Å². The Hall–Kier alpha value is -2.64. The molecular formula is C21H21NO5S. The average Bonchev–Trinajstić information content (AvgIpc) is 3.20. The number of hydrogen-bond donors (Lipinski definition) is 2. The number of rotatable bonds is 6. The van der Waals surface area contributed by atoms with Crippen LogP contribution in [0.4, 0.5) is 0 Å². The molecule has 3 unspecified atom stereocenters. The first kappa shape index (κ1) is 18.7. The van der Waals surface area contributed by atoms with Gasteiger partial charge >= 0.3 is 5.97 Å². The molecule has 3 atom stereocenters. The van der Waals surface area contributed by atoms with E-state index in [-0.39, 0.29) is 23.8 Å². The van der Waals surface area contributed by atoms with Gasteiger partial charge in [-0.25, -0.2) is 17.9 Å². The molecule has 0 saturated heterocycles. The van der Waals surface area contributed by atoms with Gasteiger partial charge in [0.1, 0.15) is 11.9 Å². The number of fused-ring (bicyclic) bond motifs is 3. The van der Waals surface area contributed by atoms with E-state index >= 15 is 0 Å². The summed E-state index contributed by atoms with van der Waals surface area (Å²) < 4.78 is 34.3. The van der Waals surface area contributed by atoms with Crippen LogP contribution in [-0.4, -0.2) is 31.6 Å². The van der Waals surface area contributed by atoms with Crippen molar-refractivity contribution in [3.63, 3.8) is 0 Å². The van der Waals surface area contributed by atoms with Crippen LogP contribution in [-0.2, 0) is 20.6 Å². The summed E-state index contributed by atoms with van der Waals surface area (Å²) >= 11 is 0. The van der Waals surface area contributed by atoms with Crippen molar-refractivity contribution in [3.8, 4) is 5.75 Å². The molecule has 0 amide bonds. The van der Waals surface area contributed by atoms with Crippen LogP contribution >= 0.6 is 0 Å². The molecule has 0 aromatic heterocycles. The van der Waals surface area contributed by atoms with Crippen molar-refractivity contribution in [2.75, 3.05) is 0 Å². The number of carbonyl (C=O) groups is 1. The maximum Gasteiger partial charge on any atom is 0.328 e.